The summed E-state index contributed by atoms with van der Waals surface area (Å²) in [5.74, 6) is -0.280. The van der Waals surface area contributed by atoms with E-state index in [4.69, 9.17) is 4.74 Å². The van der Waals surface area contributed by atoms with Gasteiger partial charge >= 0.3 is 0 Å². The van der Waals surface area contributed by atoms with Gasteiger partial charge in [-0.2, -0.15) is 0 Å². The van der Waals surface area contributed by atoms with E-state index < -0.39 is 5.82 Å². The number of rotatable bonds is 5. The number of halogens is 1. The molecule has 0 radical (unpaired) electrons. The Morgan fingerprint density at radius 3 is 2.90 bits per heavy atom. The van der Waals surface area contributed by atoms with Crippen LogP contribution in [0.2, 0.25) is 0 Å². The number of ether oxygens (including phenoxy) is 1. The summed E-state index contributed by atoms with van der Waals surface area (Å²) in [5, 5.41) is 9.45. The third-order valence-corrected chi connectivity index (χ3v) is 3.67. The van der Waals surface area contributed by atoms with Crippen molar-refractivity contribution in [2.24, 2.45) is 0 Å². The van der Waals surface area contributed by atoms with Crippen molar-refractivity contribution < 1.29 is 19.0 Å². The molecule has 0 aromatic heterocycles. The highest BCUT2D eigenvalue weighted by molar-refractivity contribution is 5.78. The zero-order valence-corrected chi connectivity index (χ0v) is 12.4. The van der Waals surface area contributed by atoms with Gasteiger partial charge in [0.1, 0.15) is 0 Å². The number of hydrogen-bond acceptors (Lipinski definition) is 4. The number of benzene rings is 1. The van der Waals surface area contributed by atoms with Crippen molar-refractivity contribution >= 4 is 5.91 Å². The highest BCUT2D eigenvalue weighted by Crippen LogP contribution is 2.18. The molecule has 1 saturated heterocycles. The van der Waals surface area contributed by atoms with E-state index in [-0.39, 0.29) is 24.3 Å². The molecule has 1 aromatic carbocycles. The van der Waals surface area contributed by atoms with Gasteiger partial charge in [-0.1, -0.05) is 6.07 Å². The number of amides is 1. The Morgan fingerprint density at radius 2 is 2.33 bits per heavy atom. The second-order valence-electron chi connectivity index (χ2n) is 5.40. The minimum Gasteiger partial charge on any atom is -0.494 e. The van der Waals surface area contributed by atoms with Crippen LogP contribution in [-0.4, -0.2) is 60.7 Å². The van der Waals surface area contributed by atoms with Gasteiger partial charge in [0.2, 0.25) is 5.91 Å². The molecular weight excluding hydrogens is 275 g/mol. The summed E-state index contributed by atoms with van der Waals surface area (Å²) < 4.78 is 18.5. The van der Waals surface area contributed by atoms with E-state index in [0.29, 0.717) is 25.1 Å². The van der Waals surface area contributed by atoms with Gasteiger partial charge in [0.15, 0.2) is 11.6 Å². The van der Waals surface area contributed by atoms with Gasteiger partial charge in [-0.05, 0) is 24.1 Å². The topological polar surface area (TPSA) is 53.0 Å². The van der Waals surface area contributed by atoms with Crippen LogP contribution in [0.1, 0.15) is 12.0 Å². The van der Waals surface area contributed by atoms with Crippen LogP contribution < -0.4 is 4.74 Å². The van der Waals surface area contributed by atoms with Crippen molar-refractivity contribution in [3.8, 4) is 5.75 Å². The Morgan fingerprint density at radius 1 is 1.57 bits per heavy atom. The SMILES string of the molecule is COc1ccc(CN(C)C(=O)CN2CC[C@H](O)C2)cc1F. The van der Waals surface area contributed by atoms with Gasteiger partial charge < -0.3 is 14.7 Å². The molecule has 0 saturated carbocycles. The second kappa shape index (κ2) is 6.87. The molecule has 2 rings (SSSR count). The molecule has 1 amide bonds. The number of methoxy groups -OCH3 is 1. The first-order valence-electron chi connectivity index (χ1n) is 6.96. The second-order valence-corrected chi connectivity index (χ2v) is 5.40. The lowest BCUT2D eigenvalue weighted by Gasteiger charge is -2.21. The van der Waals surface area contributed by atoms with Gasteiger partial charge in [-0.15, -0.1) is 0 Å². The first-order chi connectivity index (χ1) is 9.99. The normalized spacial score (nSPS) is 18.8. The molecule has 1 aliphatic heterocycles. The molecule has 0 unspecified atom stereocenters. The van der Waals surface area contributed by atoms with Gasteiger partial charge in [0.25, 0.3) is 0 Å². The molecule has 5 nitrogen and oxygen atoms in total. The molecular formula is C15H21FN2O3. The van der Waals surface area contributed by atoms with E-state index in [1.54, 1.807) is 24.1 Å². The first-order valence-corrected chi connectivity index (χ1v) is 6.96. The lowest BCUT2D eigenvalue weighted by molar-refractivity contribution is -0.131. The Balaban J connectivity index is 1.89. The quantitative estimate of drug-likeness (QED) is 0.875. The van der Waals surface area contributed by atoms with E-state index in [0.717, 1.165) is 6.54 Å². The number of nitrogens with zero attached hydrogens (tertiary/aromatic N) is 2. The molecule has 1 aliphatic rings. The van der Waals surface area contributed by atoms with Crippen LogP contribution in [-0.2, 0) is 11.3 Å². The summed E-state index contributed by atoms with van der Waals surface area (Å²) in [4.78, 5) is 15.6. The monoisotopic (exact) mass is 296 g/mol. The minimum atomic E-state index is -0.432. The number of β-amino-alcohol motifs (C(OH)–C–C–N with tert-alkyl or cyclic N) is 1. The number of aliphatic hydroxyl groups excluding tert-OH is 1. The fourth-order valence-electron chi connectivity index (χ4n) is 2.44. The van der Waals surface area contributed by atoms with Crippen molar-refractivity contribution in [3.63, 3.8) is 0 Å². The predicted octanol–water partition coefficient (Wildman–Crippen LogP) is 0.859. The summed E-state index contributed by atoms with van der Waals surface area (Å²) in [5.41, 5.74) is 0.714. The zero-order chi connectivity index (χ0) is 15.4. The van der Waals surface area contributed by atoms with Crippen LogP contribution in [0, 0.1) is 5.82 Å². The maximum absolute atomic E-state index is 13.6. The predicted molar refractivity (Wildman–Crippen MR) is 76.5 cm³/mol. The first kappa shape index (κ1) is 15.7. The molecule has 1 N–H and O–H groups in total. The maximum atomic E-state index is 13.6. The van der Waals surface area contributed by atoms with Crippen molar-refractivity contribution in [3.05, 3.63) is 29.6 Å². The number of carbonyl (C=O) groups is 1. The molecule has 1 heterocycles. The largest absolute Gasteiger partial charge is 0.494 e. The molecule has 21 heavy (non-hydrogen) atoms. The fourth-order valence-corrected chi connectivity index (χ4v) is 2.44. The van der Waals surface area contributed by atoms with Gasteiger partial charge in [-0.25, -0.2) is 4.39 Å². The van der Waals surface area contributed by atoms with Gasteiger partial charge in [0.05, 0.1) is 19.8 Å². The number of aliphatic hydroxyl groups is 1. The van der Waals surface area contributed by atoms with Crippen LogP contribution >= 0.6 is 0 Å². The van der Waals surface area contributed by atoms with Gasteiger partial charge in [0, 0.05) is 26.7 Å². The van der Waals surface area contributed by atoms with E-state index >= 15 is 0 Å². The van der Waals surface area contributed by atoms with E-state index in [1.165, 1.54) is 13.2 Å². The third-order valence-electron chi connectivity index (χ3n) is 3.67. The average Bonchev–Trinajstić information content (AvgIpc) is 2.84. The van der Waals surface area contributed by atoms with Crippen molar-refractivity contribution in [1.29, 1.82) is 0 Å². The number of carbonyl (C=O) groups excluding carboxylic acids is 1. The van der Waals surface area contributed by atoms with Crippen molar-refractivity contribution in [2.45, 2.75) is 19.1 Å². The van der Waals surface area contributed by atoms with E-state index in [9.17, 15) is 14.3 Å². The molecule has 0 spiro atoms. The van der Waals surface area contributed by atoms with Crippen molar-refractivity contribution in [2.75, 3.05) is 33.8 Å². The van der Waals surface area contributed by atoms with Gasteiger partial charge in [-0.3, -0.25) is 9.69 Å². The summed E-state index contributed by atoms with van der Waals surface area (Å²) in [7, 11) is 3.11. The highest BCUT2D eigenvalue weighted by atomic mass is 19.1. The Labute approximate surface area is 123 Å². The standard InChI is InChI=1S/C15H21FN2O3/c1-17(15(20)10-18-6-5-12(19)9-18)8-11-3-4-14(21-2)13(16)7-11/h3-4,7,12,19H,5-6,8-10H2,1-2H3/t12-/m0/s1. The van der Waals surface area contributed by atoms with Crippen LogP contribution in [0.15, 0.2) is 18.2 Å². The molecule has 116 valence electrons. The Bertz CT molecular complexity index is 510. The Hall–Kier alpha value is -1.66. The third kappa shape index (κ3) is 4.15. The fraction of sp³-hybridized carbons (Fsp3) is 0.533. The molecule has 1 aromatic rings. The van der Waals surface area contributed by atoms with Crippen LogP contribution in [0.25, 0.3) is 0 Å². The lowest BCUT2D eigenvalue weighted by Crippen LogP contribution is -2.37. The maximum Gasteiger partial charge on any atom is 0.236 e. The molecule has 0 bridgehead atoms. The lowest BCUT2D eigenvalue weighted by atomic mass is 10.2. The molecule has 6 heteroatoms. The van der Waals surface area contributed by atoms with E-state index in [2.05, 4.69) is 0 Å². The minimum absolute atomic E-state index is 0.0414. The summed E-state index contributed by atoms with van der Waals surface area (Å²) >= 11 is 0. The molecule has 1 fully saturated rings. The zero-order valence-electron chi connectivity index (χ0n) is 12.4. The highest BCUT2D eigenvalue weighted by Gasteiger charge is 2.23. The van der Waals surface area contributed by atoms with Crippen LogP contribution in [0.4, 0.5) is 4.39 Å². The smallest absolute Gasteiger partial charge is 0.236 e. The summed E-state index contributed by atoms with van der Waals surface area (Å²) in [6.45, 7) is 1.90. The average molecular weight is 296 g/mol. The number of likely N-dealkylation sites (N-methyl/N-ethyl adjacent to an activating group) is 1. The number of likely N-dealkylation sites (tertiary alicyclic amines) is 1. The molecule has 0 aliphatic carbocycles. The Kier molecular flexibility index (Phi) is 5.14. The van der Waals surface area contributed by atoms with Crippen LogP contribution in [0.3, 0.4) is 0 Å². The van der Waals surface area contributed by atoms with E-state index in [1.807, 2.05) is 4.90 Å². The van der Waals surface area contributed by atoms with Crippen LogP contribution in [0.5, 0.6) is 5.75 Å². The molecule has 1 atom stereocenters. The number of hydrogen-bond donors (Lipinski definition) is 1. The van der Waals surface area contributed by atoms with Crippen molar-refractivity contribution in [1.82, 2.24) is 9.80 Å². The summed E-state index contributed by atoms with van der Waals surface area (Å²) in [6.07, 6.45) is 0.375. The summed E-state index contributed by atoms with van der Waals surface area (Å²) in [6, 6.07) is 4.67.